The highest BCUT2D eigenvalue weighted by Crippen LogP contribution is 2.15. The number of ether oxygens (including phenoxy) is 1. The zero-order valence-corrected chi connectivity index (χ0v) is 8.25. The van der Waals surface area contributed by atoms with Crippen molar-refractivity contribution in [1.82, 2.24) is 0 Å². The van der Waals surface area contributed by atoms with Crippen molar-refractivity contribution in [1.29, 1.82) is 0 Å². The van der Waals surface area contributed by atoms with E-state index in [1.54, 1.807) is 0 Å². The maximum atomic E-state index is 11.4. The lowest BCUT2D eigenvalue weighted by Crippen LogP contribution is -2.16. The first-order valence-electron chi connectivity index (χ1n) is 3.39. The van der Waals surface area contributed by atoms with Gasteiger partial charge in [-0.3, -0.25) is 0 Å². The largest absolute Gasteiger partial charge is 0.351 e. The first-order chi connectivity index (χ1) is 4.56. The fourth-order valence-corrected chi connectivity index (χ4v) is 2.04. The summed E-state index contributed by atoms with van der Waals surface area (Å²) in [7, 11) is -1.44. The van der Waals surface area contributed by atoms with Crippen molar-refractivity contribution >= 4 is 18.5 Å². The van der Waals surface area contributed by atoms with Gasteiger partial charge in [-0.15, -0.1) is 0 Å². The van der Waals surface area contributed by atoms with Gasteiger partial charge in [-0.05, 0) is 12.5 Å². The first-order valence-corrected chi connectivity index (χ1v) is 7.61. The van der Waals surface area contributed by atoms with Crippen LogP contribution in [0.1, 0.15) is 6.42 Å². The van der Waals surface area contributed by atoms with E-state index in [9.17, 15) is 4.39 Å². The molecule has 0 amide bonds. The van der Waals surface area contributed by atoms with Crippen molar-refractivity contribution in [3.05, 3.63) is 0 Å². The molecule has 0 aromatic heterocycles. The Hall–Kier alpha value is 0.397. The maximum Gasteiger partial charge on any atom is 0.188 e. The molecule has 0 bridgehead atoms. The van der Waals surface area contributed by atoms with Gasteiger partial charge in [0.1, 0.15) is 0 Å². The molecule has 0 rings (SSSR count). The minimum atomic E-state index is -1.44. The van der Waals surface area contributed by atoms with Crippen LogP contribution in [0.2, 0.25) is 19.1 Å². The van der Waals surface area contributed by atoms with E-state index < -0.39 is 14.2 Å². The van der Waals surface area contributed by atoms with E-state index in [0.717, 1.165) is 12.5 Å². The van der Waals surface area contributed by atoms with Gasteiger partial charge in [0.15, 0.2) is 14.2 Å². The number of alkyl halides is 1. The quantitative estimate of drug-likeness (QED) is 0.363. The molecule has 0 fully saturated rings. The van der Waals surface area contributed by atoms with Gasteiger partial charge in [-0.25, -0.2) is 4.39 Å². The van der Waals surface area contributed by atoms with Crippen molar-refractivity contribution < 1.29 is 9.13 Å². The Bertz CT molecular complexity index is 84.3. The van der Waals surface area contributed by atoms with E-state index >= 15 is 0 Å². The molecule has 0 aromatic carbocycles. The highest BCUT2D eigenvalue weighted by atomic mass is 35.6. The molecular weight excluding hydrogens is 171 g/mol. The topological polar surface area (TPSA) is 9.23 Å². The SMILES string of the molecule is C[Si](C)(Cl)CCCOCF. The van der Waals surface area contributed by atoms with Crippen LogP contribution in [0.5, 0.6) is 0 Å². The van der Waals surface area contributed by atoms with Crippen LogP contribution in [0.4, 0.5) is 4.39 Å². The minimum Gasteiger partial charge on any atom is -0.351 e. The van der Waals surface area contributed by atoms with Crippen LogP contribution in [-0.2, 0) is 4.74 Å². The highest BCUT2D eigenvalue weighted by molar-refractivity contribution is 7.19. The fraction of sp³-hybridized carbons (Fsp3) is 1.00. The lowest BCUT2D eigenvalue weighted by Gasteiger charge is -2.11. The van der Waals surface area contributed by atoms with Crippen LogP contribution >= 0.6 is 11.1 Å². The van der Waals surface area contributed by atoms with Crippen LogP contribution in [0.25, 0.3) is 0 Å². The van der Waals surface area contributed by atoms with Crippen molar-refractivity contribution in [3.8, 4) is 0 Å². The van der Waals surface area contributed by atoms with E-state index in [2.05, 4.69) is 17.8 Å². The number of rotatable bonds is 5. The van der Waals surface area contributed by atoms with E-state index in [1.807, 2.05) is 0 Å². The molecule has 0 aliphatic carbocycles. The van der Waals surface area contributed by atoms with Gasteiger partial charge >= 0.3 is 0 Å². The van der Waals surface area contributed by atoms with Crippen molar-refractivity contribution in [2.24, 2.45) is 0 Å². The second-order valence-corrected chi connectivity index (χ2v) is 9.85. The minimum absolute atomic E-state index is 0.500. The molecule has 0 N–H and O–H groups in total. The summed E-state index contributed by atoms with van der Waals surface area (Å²) in [4.78, 5) is 0. The Morgan fingerprint density at radius 2 is 2.10 bits per heavy atom. The Morgan fingerprint density at radius 1 is 1.50 bits per heavy atom. The summed E-state index contributed by atoms with van der Waals surface area (Å²) in [6, 6.07) is 0.995. The Morgan fingerprint density at radius 3 is 2.50 bits per heavy atom. The molecule has 0 aliphatic heterocycles. The Labute approximate surface area is 67.2 Å². The molecule has 0 saturated heterocycles. The maximum absolute atomic E-state index is 11.4. The van der Waals surface area contributed by atoms with Gasteiger partial charge in [0.05, 0.1) is 0 Å². The third-order valence-electron chi connectivity index (χ3n) is 1.14. The fourth-order valence-electron chi connectivity index (χ4n) is 0.649. The summed E-state index contributed by atoms with van der Waals surface area (Å²) in [5.74, 6) is 0. The van der Waals surface area contributed by atoms with Gasteiger partial charge in [-0.1, -0.05) is 13.1 Å². The average Bonchev–Trinajstić information content (AvgIpc) is 1.78. The molecule has 0 heterocycles. The number of hydrogen-bond donors (Lipinski definition) is 0. The van der Waals surface area contributed by atoms with Crippen molar-refractivity contribution in [3.63, 3.8) is 0 Å². The molecule has 0 aromatic rings. The predicted octanol–water partition coefficient (Wildman–Crippen LogP) is 2.76. The van der Waals surface area contributed by atoms with Crippen molar-refractivity contribution in [2.45, 2.75) is 25.6 Å². The van der Waals surface area contributed by atoms with E-state index in [0.29, 0.717) is 6.61 Å². The second kappa shape index (κ2) is 5.10. The van der Waals surface area contributed by atoms with Gasteiger partial charge in [0.25, 0.3) is 0 Å². The van der Waals surface area contributed by atoms with E-state index in [1.165, 1.54) is 0 Å². The molecule has 1 nitrogen and oxygen atoms in total. The third-order valence-corrected chi connectivity index (χ3v) is 3.25. The number of halogens is 2. The summed E-state index contributed by atoms with van der Waals surface area (Å²) < 4.78 is 15.9. The molecular formula is C6H14ClFOSi. The summed E-state index contributed by atoms with van der Waals surface area (Å²) in [6.45, 7) is 3.97. The lowest BCUT2D eigenvalue weighted by molar-refractivity contribution is 0.0584. The summed E-state index contributed by atoms with van der Waals surface area (Å²) in [5.41, 5.74) is 0. The van der Waals surface area contributed by atoms with Gasteiger partial charge in [-0.2, -0.15) is 11.1 Å². The average molecular weight is 185 g/mol. The number of hydrogen-bond acceptors (Lipinski definition) is 1. The molecule has 0 aliphatic rings. The molecule has 62 valence electrons. The smallest absolute Gasteiger partial charge is 0.188 e. The second-order valence-electron chi connectivity index (χ2n) is 2.84. The van der Waals surface area contributed by atoms with Gasteiger partial charge in [0, 0.05) is 6.61 Å². The van der Waals surface area contributed by atoms with E-state index in [4.69, 9.17) is 11.1 Å². The molecule has 0 radical (unpaired) electrons. The van der Waals surface area contributed by atoms with Crippen molar-refractivity contribution in [2.75, 3.05) is 13.5 Å². The van der Waals surface area contributed by atoms with Gasteiger partial charge in [0.2, 0.25) is 0 Å². The molecule has 0 saturated carbocycles. The Balaban J connectivity index is 3.04. The lowest BCUT2D eigenvalue weighted by atomic mass is 10.5. The van der Waals surface area contributed by atoms with Crippen LogP contribution in [0.3, 0.4) is 0 Å². The van der Waals surface area contributed by atoms with Crippen LogP contribution in [0.15, 0.2) is 0 Å². The first kappa shape index (κ1) is 10.4. The monoisotopic (exact) mass is 184 g/mol. The molecule has 4 heteroatoms. The predicted molar refractivity (Wildman–Crippen MR) is 44.7 cm³/mol. The van der Waals surface area contributed by atoms with E-state index in [-0.39, 0.29) is 0 Å². The molecule has 0 unspecified atom stereocenters. The zero-order chi connectivity index (χ0) is 8.04. The van der Waals surface area contributed by atoms with Crippen LogP contribution in [0, 0.1) is 0 Å². The normalized spacial score (nSPS) is 12.0. The Kier molecular flexibility index (Phi) is 5.30. The third kappa shape index (κ3) is 8.40. The highest BCUT2D eigenvalue weighted by Gasteiger charge is 2.15. The molecule has 0 atom stereocenters. The van der Waals surface area contributed by atoms with Crippen LogP contribution in [-0.4, -0.2) is 20.9 Å². The standard InChI is InChI=1S/C6H14ClFOSi/c1-10(2,7)5-3-4-9-6-8/h3-6H2,1-2H3. The zero-order valence-electron chi connectivity index (χ0n) is 6.49. The summed E-state index contributed by atoms with van der Waals surface area (Å²) >= 11 is 6.00. The van der Waals surface area contributed by atoms with Crippen LogP contribution < -0.4 is 0 Å². The molecule has 10 heavy (non-hydrogen) atoms. The summed E-state index contributed by atoms with van der Waals surface area (Å²) in [5, 5.41) is 0. The van der Waals surface area contributed by atoms with Gasteiger partial charge < -0.3 is 4.74 Å². The molecule has 0 spiro atoms. The summed E-state index contributed by atoms with van der Waals surface area (Å²) in [6.07, 6.45) is 0.882.